The zero-order chi connectivity index (χ0) is 14.2. The molecule has 2 N–H and O–H groups in total. The van der Waals surface area contributed by atoms with Gasteiger partial charge in [-0.2, -0.15) is 0 Å². The number of hydrogen-bond donors (Lipinski definition) is 1. The molecule has 2 aliphatic rings. The predicted molar refractivity (Wildman–Crippen MR) is 88.5 cm³/mol. The number of nitrogens with zero attached hydrogens (tertiary/aromatic N) is 2. The van der Waals surface area contributed by atoms with Crippen molar-refractivity contribution in [1.82, 2.24) is 4.98 Å². The summed E-state index contributed by atoms with van der Waals surface area (Å²) in [4.78, 5) is 7.26. The van der Waals surface area contributed by atoms with Crippen LogP contribution in [0.2, 0.25) is 0 Å². The summed E-state index contributed by atoms with van der Waals surface area (Å²) in [7, 11) is 0. The molecule has 110 valence electrons. The molecular formula is C18H23N3. The first-order valence-electron chi connectivity index (χ1n) is 8.24. The molecule has 2 atom stereocenters. The fourth-order valence-corrected chi connectivity index (χ4v) is 4.34. The van der Waals surface area contributed by atoms with E-state index in [-0.39, 0.29) is 0 Å². The summed E-state index contributed by atoms with van der Waals surface area (Å²) in [6, 6.07) is 9.00. The maximum absolute atomic E-state index is 6.13. The molecule has 1 saturated carbocycles. The van der Waals surface area contributed by atoms with E-state index in [1.807, 2.05) is 18.3 Å². The SMILES string of the molecule is Nc1ccc(N2CCC[C@H]3CCCC[C@H]32)c2ncccc12. The molecule has 0 amide bonds. The third-order valence-electron chi connectivity index (χ3n) is 5.33. The monoisotopic (exact) mass is 281 g/mol. The van der Waals surface area contributed by atoms with Crippen LogP contribution >= 0.6 is 0 Å². The van der Waals surface area contributed by atoms with Crippen LogP contribution in [-0.4, -0.2) is 17.6 Å². The van der Waals surface area contributed by atoms with Crippen LogP contribution in [0, 0.1) is 5.92 Å². The minimum absolute atomic E-state index is 0.710. The van der Waals surface area contributed by atoms with E-state index in [4.69, 9.17) is 5.73 Å². The van der Waals surface area contributed by atoms with Gasteiger partial charge in [0.2, 0.25) is 0 Å². The normalized spacial score (nSPS) is 25.8. The van der Waals surface area contributed by atoms with E-state index in [1.165, 1.54) is 44.2 Å². The van der Waals surface area contributed by atoms with Crippen LogP contribution in [0.15, 0.2) is 30.5 Å². The maximum atomic E-state index is 6.13. The summed E-state index contributed by atoms with van der Waals surface area (Å²) in [6.07, 6.45) is 10.1. The average Bonchev–Trinajstić information content (AvgIpc) is 2.55. The first-order valence-corrected chi connectivity index (χ1v) is 8.24. The lowest BCUT2D eigenvalue weighted by atomic mass is 9.78. The molecule has 1 aliphatic heterocycles. The molecule has 0 bridgehead atoms. The highest BCUT2D eigenvalue weighted by atomic mass is 15.2. The number of aromatic nitrogens is 1. The van der Waals surface area contributed by atoms with Crippen molar-refractivity contribution in [1.29, 1.82) is 0 Å². The van der Waals surface area contributed by atoms with Crippen LogP contribution in [0.4, 0.5) is 11.4 Å². The lowest BCUT2D eigenvalue weighted by Gasteiger charge is -2.45. The number of fused-ring (bicyclic) bond motifs is 2. The average molecular weight is 281 g/mol. The first-order chi connectivity index (χ1) is 10.3. The summed E-state index contributed by atoms with van der Waals surface area (Å²) in [5, 5.41) is 1.09. The Kier molecular flexibility index (Phi) is 3.21. The van der Waals surface area contributed by atoms with E-state index < -0.39 is 0 Å². The van der Waals surface area contributed by atoms with Gasteiger partial charge in [-0.15, -0.1) is 0 Å². The molecule has 21 heavy (non-hydrogen) atoms. The number of anilines is 2. The fraction of sp³-hybridized carbons (Fsp3) is 0.500. The second-order valence-electron chi connectivity index (χ2n) is 6.52. The number of rotatable bonds is 1. The molecule has 0 unspecified atom stereocenters. The number of piperidine rings is 1. The molecule has 0 radical (unpaired) electrons. The fourth-order valence-electron chi connectivity index (χ4n) is 4.34. The lowest BCUT2D eigenvalue weighted by Crippen LogP contribution is -2.47. The smallest absolute Gasteiger partial charge is 0.0956 e. The van der Waals surface area contributed by atoms with Crippen molar-refractivity contribution >= 4 is 22.3 Å². The van der Waals surface area contributed by atoms with E-state index in [1.54, 1.807) is 0 Å². The second-order valence-corrected chi connectivity index (χ2v) is 6.52. The van der Waals surface area contributed by atoms with E-state index in [2.05, 4.69) is 22.0 Å². The van der Waals surface area contributed by atoms with E-state index in [0.29, 0.717) is 6.04 Å². The van der Waals surface area contributed by atoms with Gasteiger partial charge in [0.15, 0.2) is 0 Å². The van der Waals surface area contributed by atoms with Crippen LogP contribution in [-0.2, 0) is 0 Å². The second kappa shape index (κ2) is 5.21. The van der Waals surface area contributed by atoms with E-state index >= 15 is 0 Å². The third kappa shape index (κ3) is 2.15. The minimum Gasteiger partial charge on any atom is -0.398 e. The summed E-state index contributed by atoms with van der Waals surface area (Å²) in [5.74, 6) is 0.879. The van der Waals surface area contributed by atoms with E-state index in [0.717, 1.165) is 29.1 Å². The highest BCUT2D eigenvalue weighted by Crippen LogP contribution is 2.40. The van der Waals surface area contributed by atoms with Crippen molar-refractivity contribution in [3.05, 3.63) is 30.5 Å². The lowest BCUT2D eigenvalue weighted by molar-refractivity contribution is 0.244. The van der Waals surface area contributed by atoms with Gasteiger partial charge < -0.3 is 10.6 Å². The summed E-state index contributed by atoms with van der Waals surface area (Å²) in [5.41, 5.74) is 9.32. The number of pyridine rings is 1. The first kappa shape index (κ1) is 12.9. The molecule has 1 aromatic carbocycles. The van der Waals surface area contributed by atoms with Gasteiger partial charge in [-0.25, -0.2) is 0 Å². The maximum Gasteiger partial charge on any atom is 0.0956 e. The molecule has 2 aromatic rings. The topological polar surface area (TPSA) is 42.1 Å². The zero-order valence-electron chi connectivity index (χ0n) is 12.5. The molecular weight excluding hydrogens is 258 g/mol. The zero-order valence-corrected chi connectivity index (χ0v) is 12.5. The van der Waals surface area contributed by atoms with Crippen LogP contribution < -0.4 is 10.6 Å². The molecule has 1 aromatic heterocycles. The predicted octanol–water partition coefficient (Wildman–Crippen LogP) is 3.98. The quantitative estimate of drug-likeness (QED) is 0.804. The Hall–Kier alpha value is -1.77. The Labute approximate surface area is 126 Å². The van der Waals surface area contributed by atoms with Crippen molar-refractivity contribution in [3.8, 4) is 0 Å². The van der Waals surface area contributed by atoms with Crippen LogP contribution in [0.5, 0.6) is 0 Å². The Morgan fingerprint density at radius 3 is 2.86 bits per heavy atom. The molecule has 4 rings (SSSR count). The van der Waals surface area contributed by atoms with Crippen LogP contribution in [0.25, 0.3) is 10.9 Å². The van der Waals surface area contributed by atoms with Gasteiger partial charge in [0.25, 0.3) is 0 Å². The van der Waals surface area contributed by atoms with Gasteiger partial charge in [-0.1, -0.05) is 12.8 Å². The highest BCUT2D eigenvalue weighted by Gasteiger charge is 2.34. The Morgan fingerprint density at radius 2 is 1.90 bits per heavy atom. The number of benzene rings is 1. The minimum atomic E-state index is 0.710. The van der Waals surface area contributed by atoms with Crippen LogP contribution in [0.1, 0.15) is 38.5 Å². The Bertz CT molecular complexity index is 650. The Balaban J connectivity index is 1.80. The highest BCUT2D eigenvalue weighted by molar-refractivity contribution is 5.98. The number of hydrogen-bond acceptors (Lipinski definition) is 3. The standard InChI is InChI=1S/C18H23N3/c19-15-9-10-17(18-14(15)7-3-11-20-18)21-12-4-6-13-5-1-2-8-16(13)21/h3,7,9-11,13,16H,1-2,4-6,8,12,19H2/t13-,16-/m1/s1. The summed E-state index contributed by atoms with van der Waals surface area (Å²) >= 11 is 0. The van der Waals surface area contributed by atoms with Crippen LogP contribution in [0.3, 0.4) is 0 Å². The summed E-state index contributed by atoms with van der Waals surface area (Å²) in [6.45, 7) is 1.16. The van der Waals surface area contributed by atoms with Gasteiger partial charge in [-0.05, 0) is 55.9 Å². The molecule has 3 heteroatoms. The Morgan fingerprint density at radius 1 is 1.05 bits per heavy atom. The van der Waals surface area contributed by atoms with Gasteiger partial charge in [-0.3, -0.25) is 4.98 Å². The third-order valence-corrected chi connectivity index (χ3v) is 5.33. The van der Waals surface area contributed by atoms with Crippen molar-refractivity contribution in [2.75, 3.05) is 17.2 Å². The van der Waals surface area contributed by atoms with Gasteiger partial charge in [0.1, 0.15) is 0 Å². The number of nitrogens with two attached hydrogens (primary N) is 1. The largest absolute Gasteiger partial charge is 0.398 e. The van der Waals surface area contributed by atoms with Crippen molar-refractivity contribution in [2.45, 2.75) is 44.6 Å². The molecule has 3 nitrogen and oxygen atoms in total. The number of nitrogen functional groups attached to an aromatic ring is 1. The molecule has 1 aliphatic carbocycles. The van der Waals surface area contributed by atoms with Gasteiger partial charge in [0.05, 0.1) is 11.2 Å². The molecule has 2 heterocycles. The van der Waals surface area contributed by atoms with Crippen molar-refractivity contribution in [3.63, 3.8) is 0 Å². The molecule has 0 spiro atoms. The molecule has 2 fully saturated rings. The molecule has 1 saturated heterocycles. The van der Waals surface area contributed by atoms with Gasteiger partial charge >= 0.3 is 0 Å². The van der Waals surface area contributed by atoms with Crippen molar-refractivity contribution < 1.29 is 0 Å². The van der Waals surface area contributed by atoms with E-state index in [9.17, 15) is 0 Å². The van der Waals surface area contributed by atoms with Crippen molar-refractivity contribution in [2.24, 2.45) is 5.92 Å². The van der Waals surface area contributed by atoms with Gasteiger partial charge in [0, 0.05) is 29.9 Å². The summed E-state index contributed by atoms with van der Waals surface area (Å²) < 4.78 is 0.